The summed E-state index contributed by atoms with van der Waals surface area (Å²) >= 11 is 1.45. The van der Waals surface area contributed by atoms with Gasteiger partial charge in [-0.15, -0.1) is 0 Å². The van der Waals surface area contributed by atoms with Gasteiger partial charge in [0.2, 0.25) is 0 Å². The van der Waals surface area contributed by atoms with Crippen LogP contribution in [0.2, 0.25) is 0 Å². The first kappa shape index (κ1) is 14.7. The van der Waals surface area contributed by atoms with E-state index in [1.165, 1.54) is 11.5 Å². The van der Waals surface area contributed by atoms with Gasteiger partial charge >= 0.3 is 0 Å². The molecule has 0 aliphatic heterocycles. The minimum atomic E-state index is 0.103. The highest BCUT2D eigenvalue weighted by Crippen LogP contribution is 2.35. The molecular weight excluding hydrogens is 292 g/mol. The maximum atomic E-state index is 12.5. The van der Waals surface area contributed by atoms with Crippen molar-refractivity contribution < 1.29 is 4.79 Å². The molecule has 0 aliphatic carbocycles. The molecule has 3 nitrogen and oxygen atoms in total. The summed E-state index contributed by atoms with van der Waals surface area (Å²) in [5.74, 6) is 0.259. The molecule has 1 heterocycles. The molecule has 22 heavy (non-hydrogen) atoms. The highest BCUT2D eigenvalue weighted by atomic mass is 32.1. The minimum Gasteiger partial charge on any atom is -0.398 e. The van der Waals surface area contributed by atoms with E-state index in [-0.39, 0.29) is 11.7 Å². The second-order valence-electron chi connectivity index (χ2n) is 5.39. The fourth-order valence-electron chi connectivity index (χ4n) is 2.72. The van der Waals surface area contributed by atoms with Crippen molar-refractivity contribution in [2.75, 3.05) is 5.73 Å². The molecule has 2 N–H and O–H groups in total. The van der Waals surface area contributed by atoms with E-state index in [1.54, 1.807) is 0 Å². The Labute approximate surface area is 133 Å². The molecule has 0 radical (unpaired) electrons. The van der Waals surface area contributed by atoms with Crippen LogP contribution in [0.4, 0.5) is 5.69 Å². The summed E-state index contributed by atoms with van der Waals surface area (Å²) in [4.78, 5) is 12.5. The lowest BCUT2D eigenvalue weighted by Crippen LogP contribution is -2.08. The summed E-state index contributed by atoms with van der Waals surface area (Å²) < 4.78 is 5.67. The van der Waals surface area contributed by atoms with E-state index in [9.17, 15) is 4.79 Å². The molecule has 0 bridgehead atoms. The average molecular weight is 310 g/mol. The molecular formula is C18H18N2OS. The number of nitrogen functional groups attached to an aromatic ring is 1. The highest BCUT2D eigenvalue weighted by Gasteiger charge is 2.21. The second kappa shape index (κ2) is 6.28. The number of nitrogens with two attached hydrogens (primary N) is 1. The van der Waals surface area contributed by atoms with Gasteiger partial charge in [-0.25, -0.2) is 0 Å². The largest absolute Gasteiger partial charge is 0.398 e. The van der Waals surface area contributed by atoms with Crippen molar-refractivity contribution in [3.05, 3.63) is 59.8 Å². The normalized spacial score (nSPS) is 12.4. The van der Waals surface area contributed by atoms with Crippen molar-refractivity contribution in [1.29, 1.82) is 0 Å². The van der Waals surface area contributed by atoms with E-state index in [4.69, 9.17) is 5.73 Å². The van der Waals surface area contributed by atoms with Crippen LogP contribution in [-0.4, -0.2) is 10.2 Å². The first-order valence-electron chi connectivity index (χ1n) is 7.42. The molecule has 4 heteroatoms. The number of hydrogen-bond donors (Lipinski definition) is 1. The number of carbonyl (C=O) groups is 1. The van der Waals surface area contributed by atoms with Gasteiger partial charge in [-0.3, -0.25) is 4.79 Å². The topological polar surface area (TPSA) is 56.0 Å². The van der Waals surface area contributed by atoms with Crippen LogP contribution in [0.1, 0.15) is 41.7 Å². The van der Waals surface area contributed by atoms with Gasteiger partial charge in [-0.1, -0.05) is 43.3 Å². The number of benzene rings is 2. The molecule has 0 aliphatic rings. The van der Waals surface area contributed by atoms with E-state index in [1.807, 2.05) is 48.5 Å². The van der Waals surface area contributed by atoms with Crippen LogP contribution in [0.3, 0.4) is 0 Å². The number of rotatable bonds is 5. The maximum absolute atomic E-state index is 12.5. The van der Waals surface area contributed by atoms with E-state index >= 15 is 0 Å². The lowest BCUT2D eigenvalue weighted by atomic mass is 9.91. The average Bonchev–Trinajstić information content (AvgIpc) is 2.98. The Morgan fingerprint density at radius 1 is 1.18 bits per heavy atom. The summed E-state index contributed by atoms with van der Waals surface area (Å²) in [5, 5.41) is 1.01. The Kier molecular flexibility index (Phi) is 4.20. The number of aromatic nitrogens is 1. The van der Waals surface area contributed by atoms with Crippen molar-refractivity contribution >= 4 is 33.1 Å². The van der Waals surface area contributed by atoms with E-state index in [0.717, 1.165) is 33.5 Å². The smallest absolute Gasteiger partial charge is 0.163 e. The van der Waals surface area contributed by atoms with Crippen molar-refractivity contribution in [1.82, 2.24) is 4.37 Å². The van der Waals surface area contributed by atoms with Gasteiger partial charge in [-0.05, 0) is 30.1 Å². The third-order valence-electron chi connectivity index (χ3n) is 3.96. The Bertz CT molecular complexity index is 795. The summed E-state index contributed by atoms with van der Waals surface area (Å²) in [5.41, 5.74) is 8.58. The zero-order chi connectivity index (χ0) is 15.5. The van der Waals surface area contributed by atoms with Gasteiger partial charge in [0.25, 0.3) is 0 Å². The quantitative estimate of drug-likeness (QED) is 0.551. The zero-order valence-corrected chi connectivity index (χ0v) is 13.3. The molecule has 1 aromatic heterocycles. The predicted octanol–water partition coefficient (Wildman–Crippen LogP) is 4.65. The second-order valence-corrected chi connectivity index (χ2v) is 6.19. The number of hydrogen-bond acceptors (Lipinski definition) is 4. The van der Waals surface area contributed by atoms with Crippen LogP contribution >= 0.6 is 11.5 Å². The van der Waals surface area contributed by atoms with Crippen LogP contribution in [0.25, 0.3) is 10.1 Å². The lowest BCUT2D eigenvalue weighted by molar-refractivity contribution is 0.0972. The standard InChI is InChI=1S/C18H18N2OS/c1-2-12(11-15(21)13-7-4-3-5-8-13)18-17-14(19)9-6-10-16(17)22-20-18/h3-10,12H,2,11,19H2,1H3. The Morgan fingerprint density at radius 3 is 2.68 bits per heavy atom. The fourth-order valence-corrected chi connectivity index (χ4v) is 3.61. The van der Waals surface area contributed by atoms with Gasteiger partial charge in [-0.2, -0.15) is 4.37 Å². The maximum Gasteiger partial charge on any atom is 0.163 e. The van der Waals surface area contributed by atoms with Gasteiger partial charge in [0.1, 0.15) is 0 Å². The fraction of sp³-hybridized carbons (Fsp3) is 0.222. The first-order chi connectivity index (χ1) is 10.7. The Morgan fingerprint density at radius 2 is 1.95 bits per heavy atom. The Balaban J connectivity index is 1.92. The molecule has 2 aromatic carbocycles. The molecule has 0 saturated heterocycles. The molecule has 1 atom stereocenters. The van der Waals surface area contributed by atoms with Crippen LogP contribution in [0, 0.1) is 0 Å². The van der Waals surface area contributed by atoms with E-state index in [2.05, 4.69) is 11.3 Å². The number of fused-ring (bicyclic) bond motifs is 1. The number of carbonyl (C=O) groups excluding carboxylic acids is 1. The van der Waals surface area contributed by atoms with E-state index in [0.29, 0.717) is 6.42 Å². The monoisotopic (exact) mass is 310 g/mol. The lowest BCUT2D eigenvalue weighted by Gasteiger charge is -2.13. The summed E-state index contributed by atoms with van der Waals surface area (Å²) in [6.07, 6.45) is 1.33. The number of ketones is 1. The molecule has 112 valence electrons. The number of anilines is 1. The first-order valence-corrected chi connectivity index (χ1v) is 8.20. The molecule has 0 amide bonds. The van der Waals surface area contributed by atoms with Gasteiger partial charge in [0.05, 0.1) is 10.4 Å². The zero-order valence-electron chi connectivity index (χ0n) is 12.5. The number of nitrogens with zero attached hydrogens (tertiary/aromatic N) is 1. The highest BCUT2D eigenvalue weighted by molar-refractivity contribution is 7.13. The molecule has 1 unspecified atom stereocenters. The summed E-state index contributed by atoms with van der Waals surface area (Å²) in [7, 11) is 0. The van der Waals surface area contributed by atoms with Gasteiger partial charge in [0, 0.05) is 29.0 Å². The summed E-state index contributed by atoms with van der Waals surface area (Å²) in [6, 6.07) is 15.3. The molecule has 0 spiro atoms. The molecule has 0 saturated carbocycles. The van der Waals surface area contributed by atoms with Crippen LogP contribution in [0.15, 0.2) is 48.5 Å². The van der Waals surface area contributed by atoms with Crippen molar-refractivity contribution in [3.63, 3.8) is 0 Å². The van der Waals surface area contributed by atoms with Crippen LogP contribution in [-0.2, 0) is 0 Å². The predicted molar refractivity (Wildman–Crippen MR) is 92.5 cm³/mol. The Hall–Kier alpha value is -2.20. The molecule has 0 fully saturated rings. The van der Waals surface area contributed by atoms with Gasteiger partial charge in [0.15, 0.2) is 5.78 Å². The number of Topliss-reactive ketones (excluding diaryl/α,β-unsaturated/α-hetero) is 1. The third-order valence-corrected chi connectivity index (χ3v) is 4.79. The van der Waals surface area contributed by atoms with Crippen molar-refractivity contribution in [2.24, 2.45) is 0 Å². The van der Waals surface area contributed by atoms with Gasteiger partial charge < -0.3 is 5.73 Å². The summed E-state index contributed by atoms with van der Waals surface area (Å²) in [6.45, 7) is 2.09. The minimum absolute atomic E-state index is 0.103. The molecule has 3 rings (SSSR count). The van der Waals surface area contributed by atoms with Crippen LogP contribution < -0.4 is 5.73 Å². The van der Waals surface area contributed by atoms with Crippen molar-refractivity contribution in [3.8, 4) is 0 Å². The SMILES string of the molecule is CCC(CC(=O)c1ccccc1)c1nsc2cccc(N)c12. The van der Waals surface area contributed by atoms with E-state index < -0.39 is 0 Å². The third kappa shape index (κ3) is 2.74. The van der Waals surface area contributed by atoms with Crippen molar-refractivity contribution in [2.45, 2.75) is 25.7 Å². The van der Waals surface area contributed by atoms with Crippen LogP contribution in [0.5, 0.6) is 0 Å². The molecule has 3 aromatic rings.